The summed E-state index contributed by atoms with van der Waals surface area (Å²) >= 11 is 0. The number of nitrogens with two attached hydrogens (primary N) is 1. The molecular formula is C13H19NO. The van der Waals surface area contributed by atoms with E-state index in [1.165, 1.54) is 37.7 Å². The molecule has 0 bridgehead atoms. The van der Waals surface area contributed by atoms with Crippen LogP contribution in [0.4, 0.5) is 5.69 Å². The van der Waals surface area contributed by atoms with Crippen molar-refractivity contribution in [2.45, 2.75) is 45.1 Å². The number of rotatable bonds is 2. The highest BCUT2D eigenvalue weighted by Gasteiger charge is 2.15. The summed E-state index contributed by atoms with van der Waals surface area (Å²) in [4.78, 5) is 0. The average Bonchev–Trinajstić information content (AvgIpc) is 2.25. The van der Waals surface area contributed by atoms with Crippen LogP contribution in [-0.4, -0.2) is 6.10 Å². The van der Waals surface area contributed by atoms with E-state index < -0.39 is 0 Å². The molecule has 0 spiro atoms. The van der Waals surface area contributed by atoms with Gasteiger partial charge in [-0.2, -0.15) is 0 Å². The molecule has 0 radical (unpaired) electrons. The molecular weight excluding hydrogens is 186 g/mol. The summed E-state index contributed by atoms with van der Waals surface area (Å²) in [5.41, 5.74) is 7.84. The Morgan fingerprint density at radius 1 is 1.20 bits per heavy atom. The van der Waals surface area contributed by atoms with Crippen LogP contribution in [0.5, 0.6) is 5.75 Å². The molecule has 2 rings (SSSR count). The van der Waals surface area contributed by atoms with Gasteiger partial charge in [-0.3, -0.25) is 0 Å². The summed E-state index contributed by atoms with van der Waals surface area (Å²) in [6.45, 7) is 2.06. The predicted molar refractivity (Wildman–Crippen MR) is 63.1 cm³/mol. The fraction of sp³-hybridized carbons (Fsp3) is 0.538. The minimum absolute atomic E-state index is 0.378. The van der Waals surface area contributed by atoms with E-state index in [4.69, 9.17) is 10.5 Å². The number of hydrogen-bond acceptors (Lipinski definition) is 2. The van der Waals surface area contributed by atoms with Gasteiger partial charge in [0.25, 0.3) is 0 Å². The molecule has 0 atom stereocenters. The molecule has 1 aliphatic carbocycles. The van der Waals surface area contributed by atoms with Crippen molar-refractivity contribution in [2.24, 2.45) is 0 Å². The molecule has 1 fully saturated rings. The van der Waals surface area contributed by atoms with Gasteiger partial charge in [0.05, 0.1) is 11.8 Å². The zero-order valence-electron chi connectivity index (χ0n) is 9.33. The molecule has 15 heavy (non-hydrogen) atoms. The lowest BCUT2D eigenvalue weighted by molar-refractivity contribution is 0.156. The van der Waals surface area contributed by atoms with E-state index in [1.54, 1.807) is 0 Å². The van der Waals surface area contributed by atoms with E-state index in [1.807, 2.05) is 18.2 Å². The van der Waals surface area contributed by atoms with Crippen molar-refractivity contribution >= 4 is 5.69 Å². The first-order valence-electron chi connectivity index (χ1n) is 5.78. The highest BCUT2D eigenvalue weighted by atomic mass is 16.5. The maximum absolute atomic E-state index is 5.94. The molecule has 1 saturated carbocycles. The molecule has 0 saturated heterocycles. The van der Waals surface area contributed by atoms with E-state index >= 15 is 0 Å². The molecule has 0 heterocycles. The average molecular weight is 205 g/mol. The summed E-state index contributed by atoms with van der Waals surface area (Å²) in [7, 11) is 0. The van der Waals surface area contributed by atoms with Gasteiger partial charge in [-0.1, -0.05) is 12.5 Å². The molecule has 2 N–H and O–H groups in total. The van der Waals surface area contributed by atoms with Crippen molar-refractivity contribution < 1.29 is 4.74 Å². The zero-order valence-corrected chi connectivity index (χ0v) is 9.33. The number of hydrogen-bond donors (Lipinski definition) is 1. The second-order valence-electron chi connectivity index (χ2n) is 4.42. The van der Waals surface area contributed by atoms with Crippen LogP contribution in [0.25, 0.3) is 0 Å². The minimum Gasteiger partial charge on any atom is -0.488 e. The summed E-state index contributed by atoms with van der Waals surface area (Å²) in [5.74, 6) is 0.863. The zero-order chi connectivity index (χ0) is 10.7. The second kappa shape index (κ2) is 4.56. The number of anilines is 1. The van der Waals surface area contributed by atoms with Crippen molar-refractivity contribution in [1.82, 2.24) is 0 Å². The Hall–Kier alpha value is -1.18. The van der Waals surface area contributed by atoms with E-state index in [0.717, 1.165) is 11.4 Å². The molecule has 0 aromatic heterocycles. The lowest BCUT2D eigenvalue weighted by atomic mass is 9.98. The first kappa shape index (κ1) is 10.3. The minimum atomic E-state index is 0.378. The predicted octanol–water partition coefficient (Wildman–Crippen LogP) is 3.29. The monoisotopic (exact) mass is 205 g/mol. The van der Waals surface area contributed by atoms with Crippen LogP contribution in [0.1, 0.15) is 37.7 Å². The van der Waals surface area contributed by atoms with Gasteiger partial charge >= 0.3 is 0 Å². The summed E-state index contributed by atoms with van der Waals surface area (Å²) in [5, 5.41) is 0. The first-order valence-corrected chi connectivity index (χ1v) is 5.78. The Labute approximate surface area is 91.4 Å². The standard InChI is InChI=1S/C13H19NO/c1-10-7-8-12(14)13(9-10)15-11-5-3-2-4-6-11/h7-9,11H,2-6,14H2,1H3. The van der Waals surface area contributed by atoms with Gasteiger partial charge in [-0.15, -0.1) is 0 Å². The van der Waals surface area contributed by atoms with E-state index in [9.17, 15) is 0 Å². The fourth-order valence-corrected chi connectivity index (χ4v) is 2.11. The van der Waals surface area contributed by atoms with Crippen LogP contribution in [0, 0.1) is 6.92 Å². The van der Waals surface area contributed by atoms with Crippen molar-refractivity contribution in [2.75, 3.05) is 5.73 Å². The second-order valence-corrected chi connectivity index (χ2v) is 4.42. The smallest absolute Gasteiger partial charge is 0.142 e. The SMILES string of the molecule is Cc1ccc(N)c(OC2CCCCC2)c1. The highest BCUT2D eigenvalue weighted by Crippen LogP contribution is 2.28. The first-order chi connectivity index (χ1) is 7.25. The number of ether oxygens (including phenoxy) is 1. The molecule has 82 valence electrons. The van der Waals surface area contributed by atoms with Crippen molar-refractivity contribution in [1.29, 1.82) is 0 Å². The van der Waals surface area contributed by atoms with Gasteiger partial charge < -0.3 is 10.5 Å². The maximum atomic E-state index is 5.94. The lowest BCUT2D eigenvalue weighted by Gasteiger charge is -2.23. The Morgan fingerprint density at radius 3 is 2.67 bits per heavy atom. The number of aryl methyl sites for hydroxylation is 1. The van der Waals surface area contributed by atoms with E-state index in [-0.39, 0.29) is 0 Å². The molecule has 0 amide bonds. The third-order valence-corrected chi connectivity index (χ3v) is 3.01. The van der Waals surface area contributed by atoms with Crippen LogP contribution in [0.2, 0.25) is 0 Å². The highest BCUT2D eigenvalue weighted by molar-refractivity contribution is 5.53. The Bertz CT molecular complexity index is 329. The maximum Gasteiger partial charge on any atom is 0.142 e. The Kier molecular flexibility index (Phi) is 3.14. The van der Waals surface area contributed by atoms with Crippen molar-refractivity contribution in [3.8, 4) is 5.75 Å². The van der Waals surface area contributed by atoms with Gasteiger partial charge in [0.1, 0.15) is 5.75 Å². The molecule has 0 aliphatic heterocycles. The van der Waals surface area contributed by atoms with E-state index in [2.05, 4.69) is 6.92 Å². The molecule has 1 aromatic carbocycles. The topological polar surface area (TPSA) is 35.2 Å². The van der Waals surface area contributed by atoms with Crippen LogP contribution in [-0.2, 0) is 0 Å². The summed E-state index contributed by atoms with van der Waals surface area (Å²) < 4.78 is 5.94. The van der Waals surface area contributed by atoms with Crippen LogP contribution in [0.15, 0.2) is 18.2 Å². The quantitative estimate of drug-likeness (QED) is 0.752. The van der Waals surface area contributed by atoms with Crippen molar-refractivity contribution in [3.63, 3.8) is 0 Å². The Balaban J connectivity index is 2.05. The number of nitrogen functional groups attached to an aromatic ring is 1. The lowest BCUT2D eigenvalue weighted by Crippen LogP contribution is -2.20. The number of benzene rings is 1. The van der Waals surface area contributed by atoms with Gasteiger partial charge in [-0.25, -0.2) is 0 Å². The van der Waals surface area contributed by atoms with Gasteiger partial charge in [0.2, 0.25) is 0 Å². The Morgan fingerprint density at radius 2 is 1.93 bits per heavy atom. The normalized spacial score (nSPS) is 17.7. The largest absolute Gasteiger partial charge is 0.488 e. The van der Waals surface area contributed by atoms with Crippen LogP contribution < -0.4 is 10.5 Å². The fourth-order valence-electron chi connectivity index (χ4n) is 2.11. The van der Waals surface area contributed by atoms with Crippen molar-refractivity contribution in [3.05, 3.63) is 23.8 Å². The van der Waals surface area contributed by atoms with Gasteiger partial charge in [0, 0.05) is 0 Å². The van der Waals surface area contributed by atoms with Crippen LogP contribution in [0.3, 0.4) is 0 Å². The summed E-state index contributed by atoms with van der Waals surface area (Å²) in [6.07, 6.45) is 6.65. The molecule has 2 nitrogen and oxygen atoms in total. The van der Waals surface area contributed by atoms with E-state index in [0.29, 0.717) is 6.10 Å². The molecule has 2 heteroatoms. The summed E-state index contributed by atoms with van der Waals surface area (Å²) in [6, 6.07) is 5.97. The molecule has 1 aromatic rings. The van der Waals surface area contributed by atoms with Gasteiger partial charge in [-0.05, 0) is 50.3 Å². The third kappa shape index (κ3) is 2.65. The molecule has 1 aliphatic rings. The van der Waals surface area contributed by atoms with Crippen LogP contribution >= 0.6 is 0 Å². The third-order valence-electron chi connectivity index (χ3n) is 3.01. The van der Waals surface area contributed by atoms with Gasteiger partial charge in [0.15, 0.2) is 0 Å². The molecule has 0 unspecified atom stereocenters.